The number of nitrogens with zero attached hydrogens (tertiary/aromatic N) is 3. The number of benzene rings is 2. The lowest BCUT2D eigenvalue weighted by Gasteiger charge is -2.12. The molecule has 0 unspecified atom stereocenters. The van der Waals surface area contributed by atoms with E-state index < -0.39 is 17.5 Å². The zero-order valence-electron chi connectivity index (χ0n) is 19.8. The van der Waals surface area contributed by atoms with E-state index in [4.69, 9.17) is 10.5 Å². The van der Waals surface area contributed by atoms with E-state index in [1.807, 2.05) is 45.2 Å². The first-order valence-electron chi connectivity index (χ1n) is 11.4. The number of fused-ring (bicyclic) bond motifs is 1. The second-order valence-corrected chi connectivity index (χ2v) is 10.3. The number of unbranched alkanes of at least 4 members (excludes halogenated alkanes) is 2. The van der Waals surface area contributed by atoms with Crippen molar-refractivity contribution in [1.29, 1.82) is 0 Å². The fourth-order valence-electron chi connectivity index (χ4n) is 3.83. The highest BCUT2D eigenvalue weighted by molar-refractivity contribution is 14.1. The lowest BCUT2D eigenvalue weighted by Crippen LogP contribution is -2.26. The van der Waals surface area contributed by atoms with Crippen LogP contribution in [0.1, 0.15) is 29.6 Å². The highest BCUT2D eigenvalue weighted by Gasteiger charge is 2.19. The number of carbonyl (C=O) groups is 1. The SMILES string of the molecule is COc1ccc(-c2cnc3c(Nc4cc(F)c(C(=O)NCCCCCN)c(I)c4)nccn23)c(I)c1F. The molecule has 1 amide bonds. The molecule has 4 aromatic rings. The zero-order valence-corrected chi connectivity index (χ0v) is 24.1. The highest BCUT2D eigenvalue weighted by Crippen LogP contribution is 2.33. The molecule has 0 bridgehead atoms. The van der Waals surface area contributed by atoms with Gasteiger partial charge in [-0.3, -0.25) is 9.20 Å². The number of hydrogen-bond donors (Lipinski definition) is 3. The summed E-state index contributed by atoms with van der Waals surface area (Å²) in [4.78, 5) is 21.3. The Morgan fingerprint density at radius 3 is 2.70 bits per heavy atom. The number of aromatic nitrogens is 3. The molecule has 12 heteroatoms. The molecule has 194 valence electrons. The standard InChI is InChI=1S/C25H24F2I2N6O2/c1-37-19-6-5-15(22(29)21(19)27)18-13-33-24-23(31-9-10-35(18)24)34-14-11-16(26)20(17(28)12-14)25(36)32-8-4-2-3-7-30/h5-6,9-13H,2-4,7-8,30H2,1H3,(H,31,34)(H,32,36). The summed E-state index contributed by atoms with van der Waals surface area (Å²) in [7, 11) is 1.42. The molecule has 0 fully saturated rings. The molecule has 0 saturated heterocycles. The largest absolute Gasteiger partial charge is 0.494 e. The van der Waals surface area contributed by atoms with Crippen LogP contribution in [0, 0.1) is 18.8 Å². The van der Waals surface area contributed by atoms with Crippen LogP contribution >= 0.6 is 45.2 Å². The van der Waals surface area contributed by atoms with E-state index in [-0.39, 0.29) is 11.3 Å². The Hall–Kier alpha value is -2.59. The van der Waals surface area contributed by atoms with Crippen molar-refractivity contribution in [3.05, 3.63) is 67.2 Å². The van der Waals surface area contributed by atoms with Gasteiger partial charge in [0.25, 0.3) is 5.91 Å². The van der Waals surface area contributed by atoms with Crippen molar-refractivity contribution >= 4 is 68.2 Å². The van der Waals surface area contributed by atoms with E-state index >= 15 is 0 Å². The maximum atomic E-state index is 15.0. The lowest BCUT2D eigenvalue weighted by atomic mass is 10.1. The average Bonchev–Trinajstić information content (AvgIpc) is 3.30. The lowest BCUT2D eigenvalue weighted by molar-refractivity contribution is 0.0948. The van der Waals surface area contributed by atoms with Crippen LogP contribution in [0.4, 0.5) is 20.3 Å². The van der Waals surface area contributed by atoms with Gasteiger partial charge in [0.15, 0.2) is 23.0 Å². The summed E-state index contributed by atoms with van der Waals surface area (Å²) in [6.45, 7) is 1.07. The molecular formula is C25H24F2I2N6O2. The summed E-state index contributed by atoms with van der Waals surface area (Å²) >= 11 is 3.88. The normalized spacial score (nSPS) is 11.1. The first-order chi connectivity index (χ1) is 17.8. The van der Waals surface area contributed by atoms with Gasteiger partial charge in [0.2, 0.25) is 0 Å². The van der Waals surface area contributed by atoms with Crippen LogP contribution < -0.4 is 21.1 Å². The minimum Gasteiger partial charge on any atom is -0.494 e. The zero-order chi connectivity index (χ0) is 26.5. The maximum absolute atomic E-state index is 15.0. The molecule has 0 aliphatic carbocycles. The summed E-state index contributed by atoms with van der Waals surface area (Å²) in [6, 6.07) is 6.25. The molecule has 37 heavy (non-hydrogen) atoms. The van der Waals surface area contributed by atoms with Crippen LogP contribution in [0.3, 0.4) is 0 Å². The van der Waals surface area contributed by atoms with Gasteiger partial charge in [-0.05, 0) is 88.8 Å². The van der Waals surface area contributed by atoms with Crippen molar-refractivity contribution in [3.63, 3.8) is 0 Å². The third-order valence-electron chi connectivity index (χ3n) is 5.67. The topological polar surface area (TPSA) is 107 Å². The van der Waals surface area contributed by atoms with Gasteiger partial charge in [-0.25, -0.2) is 18.7 Å². The fraction of sp³-hybridized carbons (Fsp3) is 0.240. The number of halogens is 4. The fourth-order valence-corrected chi connectivity index (χ4v) is 5.39. The molecule has 0 saturated carbocycles. The second-order valence-electron chi connectivity index (χ2n) is 8.10. The van der Waals surface area contributed by atoms with Gasteiger partial charge in [-0.1, -0.05) is 6.42 Å². The molecule has 0 aliphatic rings. The van der Waals surface area contributed by atoms with Crippen LogP contribution in [-0.4, -0.2) is 40.5 Å². The van der Waals surface area contributed by atoms with Gasteiger partial charge < -0.3 is 21.1 Å². The Morgan fingerprint density at radius 1 is 1.16 bits per heavy atom. The summed E-state index contributed by atoms with van der Waals surface area (Å²) in [5, 5.41) is 5.85. The Kier molecular flexibility index (Phi) is 9.13. The third kappa shape index (κ3) is 5.95. The van der Waals surface area contributed by atoms with Crippen LogP contribution in [-0.2, 0) is 0 Å². The summed E-state index contributed by atoms with van der Waals surface area (Å²) in [5.41, 5.74) is 7.66. The van der Waals surface area contributed by atoms with E-state index in [2.05, 4.69) is 20.6 Å². The van der Waals surface area contributed by atoms with Gasteiger partial charge in [0.05, 0.1) is 28.1 Å². The Morgan fingerprint density at radius 2 is 1.97 bits per heavy atom. The number of nitrogens with one attached hydrogen (secondary N) is 2. The predicted octanol–water partition coefficient (Wildman–Crippen LogP) is 5.49. The number of nitrogens with two attached hydrogens (primary N) is 1. The molecule has 2 heterocycles. The number of anilines is 2. The van der Waals surface area contributed by atoms with Gasteiger partial charge >= 0.3 is 0 Å². The number of imidazole rings is 1. The van der Waals surface area contributed by atoms with Crippen molar-refractivity contribution < 1.29 is 18.3 Å². The van der Waals surface area contributed by atoms with Crippen LogP contribution in [0.25, 0.3) is 16.9 Å². The summed E-state index contributed by atoms with van der Waals surface area (Å²) in [6.07, 6.45) is 7.48. The number of carbonyl (C=O) groups excluding carboxylic acids is 1. The van der Waals surface area contributed by atoms with Crippen molar-refractivity contribution in [2.75, 3.05) is 25.5 Å². The minimum atomic E-state index is -0.645. The molecule has 4 N–H and O–H groups in total. The average molecular weight is 732 g/mol. The van der Waals surface area contributed by atoms with E-state index in [0.717, 1.165) is 19.3 Å². The van der Waals surface area contributed by atoms with Crippen molar-refractivity contribution in [3.8, 4) is 17.0 Å². The van der Waals surface area contributed by atoms with Crippen molar-refractivity contribution in [1.82, 2.24) is 19.7 Å². The van der Waals surface area contributed by atoms with Crippen LogP contribution in [0.2, 0.25) is 0 Å². The molecular weight excluding hydrogens is 708 g/mol. The Bertz CT molecular complexity index is 1420. The van der Waals surface area contributed by atoms with E-state index in [1.54, 1.807) is 41.2 Å². The molecule has 0 spiro atoms. The molecule has 2 aromatic carbocycles. The molecule has 0 radical (unpaired) electrons. The minimum absolute atomic E-state index is 0.00431. The quantitative estimate of drug-likeness (QED) is 0.147. The van der Waals surface area contributed by atoms with Gasteiger partial charge in [-0.2, -0.15) is 0 Å². The van der Waals surface area contributed by atoms with Gasteiger partial charge in [0, 0.05) is 33.8 Å². The van der Waals surface area contributed by atoms with Crippen molar-refractivity contribution in [2.24, 2.45) is 5.73 Å². The first-order valence-corrected chi connectivity index (χ1v) is 13.6. The molecule has 2 aromatic heterocycles. The molecule has 8 nitrogen and oxygen atoms in total. The van der Waals surface area contributed by atoms with E-state index in [1.165, 1.54) is 13.2 Å². The van der Waals surface area contributed by atoms with Crippen LogP contribution in [0.5, 0.6) is 5.75 Å². The highest BCUT2D eigenvalue weighted by atomic mass is 127. The monoisotopic (exact) mass is 732 g/mol. The summed E-state index contributed by atoms with van der Waals surface area (Å²) in [5.74, 6) is -1.02. The number of amides is 1. The second kappa shape index (κ2) is 12.3. The van der Waals surface area contributed by atoms with Crippen molar-refractivity contribution in [2.45, 2.75) is 19.3 Å². The molecule has 4 rings (SSSR count). The number of rotatable bonds is 10. The summed E-state index contributed by atoms with van der Waals surface area (Å²) < 4.78 is 37.3. The van der Waals surface area contributed by atoms with E-state index in [0.29, 0.717) is 48.6 Å². The number of ether oxygens (including phenoxy) is 1. The first kappa shape index (κ1) is 27.4. The van der Waals surface area contributed by atoms with Crippen LogP contribution in [0.15, 0.2) is 42.9 Å². The Labute approximate surface area is 239 Å². The van der Waals surface area contributed by atoms with Gasteiger partial charge in [-0.15, -0.1) is 0 Å². The molecule has 0 atom stereocenters. The maximum Gasteiger partial charge on any atom is 0.255 e. The predicted molar refractivity (Wildman–Crippen MR) is 155 cm³/mol. The smallest absolute Gasteiger partial charge is 0.255 e. The number of methoxy groups -OCH3 is 1. The number of hydrogen-bond acceptors (Lipinski definition) is 6. The van der Waals surface area contributed by atoms with E-state index in [9.17, 15) is 13.6 Å². The Balaban J connectivity index is 1.58. The molecule has 0 aliphatic heterocycles. The third-order valence-corrected chi connectivity index (χ3v) is 7.57. The van der Waals surface area contributed by atoms with Gasteiger partial charge in [0.1, 0.15) is 5.82 Å².